The molecule has 26 heavy (non-hydrogen) atoms. The van der Waals surface area contributed by atoms with E-state index in [0.29, 0.717) is 6.54 Å². The predicted molar refractivity (Wildman–Crippen MR) is 102 cm³/mol. The summed E-state index contributed by atoms with van der Waals surface area (Å²) in [6.45, 7) is 5.75. The highest BCUT2D eigenvalue weighted by atomic mass is 32.2. The Bertz CT molecular complexity index is 769. The monoisotopic (exact) mass is 374 g/mol. The number of piperazine rings is 1. The highest BCUT2D eigenvalue weighted by molar-refractivity contribution is 7.99. The Balaban J connectivity index is 1.81. The fraction of sp³-hybridized carbons (Fsp3) is 0.350. The molecule has 1 aliphatic rings. The molecule has 0 radical (unpaired) electrons. The molecule has 0 bridgehead atoms. The first-order valence-corrected chi connectivity index (χ1v) is 9.50. The van der Waals surface area contributed by atoms with Crippen LogP contribution in [0.1, 0.15) is 13.8 Å². The lowest BCUT2D eigenvalue weighted by Gasteiger charge is -2.45. The quantitative estimate of drug-likeness (QED) is 0.858. The Labute approximate surface area is 157 Å². The van der Waals surface area contributed by atoms with E-state index < -0.39 is 5.97 Å². The predicted octanol–water partition coefficient (Wildman–Crippen LogP) is 3.96. The summed E-state index contributed by atoms with van der Waals surface area (Å²) < 4.78 is 13.2. The maximum atomic E-state index is 13.2. The van der Waals surface area contributed by atoms with Gasteiger partial charge in [-0.05, 0) is 50.2 Å². The molecule has 2 unspecified atom stereocenters. The van der Waals surface area contributed by atoms with Crippen molar-refractivity contribution in [3.05, 3.63) is 54.3 Å². The second-order valence-electron chi connectivity index (χ2n) is 6.70. The van der Waals surface area contributed by atoms with E-state index in [1.165, 1.54) is 12.1 Å². The number of carbonyl (C=O) groups is 1. The standard InChI is InChI=1S/C20H23FN2O2S/c1-14-12-23(15(2)11-22(14)13-20(24)25)18-5-3-4-6-19(18)26-17-9-7-16(21)8-10-17/h3-10,14-15H,11-13H2,1-2H3,(H,24,25). The summed E-state index contributed by atoms with van der Waals surface area (Å²) >= 11 is 1.62. The van der Waals surface area contributed by atoms with Gasteiger partial charge in [0, 0.05) is 35.0 Å². The van der Waals surface area contributed by atoms with E-state index in [1.807, 2.05) is 17.0 Å². The minimum absolute atomic E-state index is 0.0747. The van der Waals surface area contributed by atoms with Crippen LogP contribution in [0.2, 0.25) is 0 Å². The zero-order valence-corrected chi connectivity index (χ0v) is 15.7. The van der Waals surface area contributed by atoms with Crippen molar-refractivity contribution in [2.45, 2.75) is 35.7 Å². The lowest BCUT2D eigenvalue weighted by atomic mass is 10.1. The van der Waals surface area contributed by atoms with Crippen molar-refractivity contribution in [1.29, 1.82) is 0 Å². The summed E-state index contributed by atoms with van der Waals surface area (Å²) in [6.07, 6.45) is 0. The van der Waals surface area contributed by atoms with E-state index in [9.17, 15) is 9.18 Å². The zero-order chi connectivity index (χ0) is 18.7. The van der Waals surface area contributed by atoms with Gasteiger partial charge in [0.1, 0.15) is 5.82 Å². The second-order valence-corrected chi connectivity index (χ2v) is 7.81. The zero-order valence-electron chi connectivity index (χ0n) is 14.9. The lowest BCUT2D eigenvalue weighted by Crippen LogP contribution is -2.57. The normalized spacial score (nSPS) is 21.0. The number of aliphatic carboxylic acids is 1. The number of carboxylic acid groups (broad SMARTS) is 1. The molecule has 0 saturated carbocycles. The summed E-state index contributed by atoms with van der Waals surface area (Å²) in [5, 5.41) is 9.10. The number of hydrogen-bond donors (Lipinski definition) is 1. The van der Waals surface area contributed by atoms with Gasteiger partial charge in [-0.2, -0.15) is 0 Å². The topological polar surface area (TPSA) is 43.8 Å². The molecule has 4 nitrogen and oxygen atoms in total. The smallest absolute Gasteiger partial charge is 0.317 e. The average molecular weight is 374 g/mol. The van der Waals surface area contributed by atoms with Gasteiger partial charge in [0.15, 0.2) is 0 Å². The van der Waals surface area contributed by atoms with Crippen LogP contribution in [0.3, 0.4) is 0 Å². The Morgan fingerprint density at radius 1 is 1.12 bits per heavy atom. The fourth-order valence-electron chi connectivity index (χ4n) is 3.34. The van der Waals surface area contributed by atoms with E-state index in [0.717, 1.165) is 22.0 Å². The molecule has 2 aromatic carbocycles. The number of rotatable bonds is 5. The number of nitrogens with zero attached hydrogens (tertiary/aromatic N) is 2. The van der Waals surface area contributed by atoms with E-state index in [-0.39, 0.29) is 24.4 Å². The van der Waals surface area contributed by atoms with Gasteiger partial charge < -0.3 is 10.0 Å². The largest absolute Gasteiger partial charge is 0.480 e. The molecule has 1 heterocycles. The van der Waals surface area contributed by atoms with Crippen LogP contribution in [0.5, 0.6) is 0 Å². The van der Waals surface area contributed by atoms with Crippen LogP contribution in [0.15, 0.2) is 58.3 Å². The van der Waals surface area contributed by atoms with Gasteiger partial charge in [0.2, 0.25) is 0 Å². The van der Waals surface area contributed by atoms with Crippen LogP contribution in [-0.4, -0.2) is 47.7 Å². The van der Waals surface area contributed by atoms with Crippen molar-refractivity contribution in [1.82, 2.24) is 4.90 Å². The average Bonchev–Trinajstić information content (AvgIpc) is 2.60. The molecular formula is C20H23FN2O2S. The van der Waals surface area contributed by atoms with Crippen LogP contribution < -0.4 is 4.90 Å². The van der Waals surface area contributed by atoms with Gasteiger partial charge in [0.05, 0.1) is 12.2 Å². The molecule has 2 aromatic rings. The third kappa shape index (κ3) is 4.37. The highest BCUT2D eigenvalue weighted by Crippen LogP contribution is 2.37. The van der Waals surface area contributed by atoms with E-state index in [4.69, 9.17) is 5.11 Å². The molecular weight excluding hydrogens is 351 g/mol. The van der Waals surface area contributed by atoms with Crippen molar-refractivity contribution in [3.63, 3.8) is 0 Å². The number of hydrogen-bond acceptors (Lipinski definition) is 4. The third-order valence-electron chi connectivity index (χ3n) is 4.67. The molecule has 1 fully saturated rings. The van der Waals surface area contributed by atoms with Crippen LogP contribution in [0.4, 0.5) is 10.1 Å². The first-order valence-electron chi connectivity index (χ1n) is 8.69. The summed E-state index contributed by atoms with van der Waals surface area (Å²) in [6, 6.07) is 15.1. The molecule has 1 N–H and O–H groups in total. The number of carboxylic acids is 1. The van der Waals surface area contributed by atoms with Crippen molar-refractivity contribution >= 4 is 23.4 Å². The summed E-state index contributed by atoms with van der Waals surface area (Å²) in [4.78, 5) is 17.5. The molecule has 0 aliphatic carbocycles. The van der Waals surface area contributed by atoms with Gasteiger partial charge >= 0.3 is 5.97 Å². The summed E-state index contributed by atoms with van der Waals surface area (Å²) in [5.74, 6) is -1.02. The first kappa shape index (κ1) is 18.7. The van der Waals surface area contributed by atoms with Crippen LogP contribution in [0.25, 0.3) is 0 Å². The highest BCUT2D eigenvalue weighted by Gasteiger charge is 2.31. The number of benzene rings is 2. The number of para-hydroxylation sites is 1. The Hall–Kier alpha value is -2.05. The maximum absolute atomic E-state index is 13.2. The summed E-state index contributed by atoms with van der Waals surface area (Å²) in [5.41, 5.74) is 1.14. The van der Waals surface area contributed by atoms with Gasteiger partial charge in [0.25, 0.3) is 0 Å². The fourth-order valence-corrected chi connectivity index (χ4v) is 4.30. The molecule has 6 heteroatoms. The van der Waals surface area contributed by atoms with Crippen LogP contribution in [-0.2, 0) is 4.79 Å². The molecule has 138 valence electrons. The molecule has 3 rings (SSSR count). The Morgan fingerprint density at radius 2 is 1.81 bits per heavy atom. The number of anilines is 1. The molecule has 0 amide bonds. The van der Waals surface area contributed by atoms with Crippen LogP contribution >= 0.6 is 11.8 Å². The molecule has 0 spiro atoms. The molecule has 2 atom stereocenters. The van der Waals surface area contributed by atoms with E-state index in [1.54, 1.807) is 23.9 Å². The molecule has 1 aliphatic heterocycles. The summed E-state index contributed by atoms with van der Waals surface area (Å²) in [7, 11) is 0. The van der Waals surface area contributed by atoms with Crippen molar-refractivity contribution < 1.29 is 14.3 Å². The Morgan fingerprint density at radius 3 is 2.50 bits per heavy atom. The lowest BCUT2D eigenvalue weighted by molar-refractivity contribution is -0.139. The van der Waals surface area contributed by atoms with Gasteiger partial charge in [-0.15, -0.1) is 0 Å². The van der Waals surface area contributed by atoms with E-state index >= 15 is 0 Å². The molecule has 0 aromatic heterocycles. The van der Waals surface area contributed by atoms with Gasteiger partial charge in [-0.1, -0.05) is 23.9 Å². The maximum Gasteiger partial charge on any atom is 0.317 e. The second kappa shape index (κ2) is 8.10. The minimum Gasteiger partial charge on any atom is -0.480 e. The minimum atomic E-state index is -0.787. The van der Waals surface area contributed by atoms with E-state index in [2.05, 4.69) is 30.9 Å². The van der Waals surface area contributed by atoms with Gasteiger partial charge in [-0.25, -0.2) is 4.39 Å². The SMILES string of the molecule is CC1CN(c2ccccc2Sc2ccc(F)cc2)C(C)CN1CC(=O)O. The molecule has 1 saturated heterocycles. The van der Waals surface area contributed by atoms with Crippen molar-refractivity contribution in [3.8, 4) is 0 Å². The van der Waals surface area contributed by atoms with Crippen LogP contribution in [0, 0.1) is 5.82 Å². The van der Waals surface area contributed by atoms with Crippen molar-refractivity contribution in [2.75, 3.05) is 24.5 Å². The first-order chi connectivity index (χ1) is 12.4. The number of halogens is 1. The third-order valence-corrected chi connectivity index (χ3v) is 5.74. The van der Waals surface area contributed by atoms with Crippen molar-refractivity contribution in [2.24, 2.45) is 0 Å². The van der Waals surface area contributed by atoms with Gasteiger partial charge in [-0.3, -0.25) is 9.69 Å². The Kier molecular flexibility index (Phi) is 5.84.